The average Bonchev–Trinajstić information content (AvgIpc) is 2.68. The lowest BCUT2D eigenvalue weighted by molar-refractivity contribution is 0.0529. The van der Waals surface area contributed by atoms with Crippen molar-refractivity contribution in [3.8, 4) is 0 Å². The SMILES string of the molecule is CN=C(NCc1cccc(C)c1)NCc1ccnc(N2CCOC(C)C2)c1. The molecule has 6 nitrogen and oxygen atoms in total. The Morgan fingerprint density at radius 1 is 1.22 bits per heavy atom. The van der Waals surface area contributed by atoms with E-state index in [0.29, 0.717) is 6.54 Å². The van der Waals surface area contributed by atoms with Gasteiger partial charge in [0.25, 0.3) is 0 Å². The molecule has 0 saturated carbocycles. The number of pyridine rings is 1. The van der Waals surface area contributed by atoms with Crippen LogP contribution in [0, 0.1) is 6.92 Å². The second-order valence-corrected chi connectivity index (χ2v) is 6.92. The van der Waals surface area contributed by atoms with Gasteiger partial charge < -0.3 is 20.3 Å². The molecule has 1 atom stereocenters. The molecule has 0 bridgehead atoms. The van der Waals surface area contributed by atoms with Crippen molar-refractivity contribution in [3.63, 3.8) is 0 Å². The molecule has 1 aliphatic rings. The highest BCUT2D eigenvalue weighted by Crippen LogP contribution is 2.16. The van der Waals surface area contributed by atoms with Crippen molar-refractivity contribution in [2.75, 3.05) is 31.6 Å². The predicted octanol–water partition coefficient (Wildman–Crippen LogP) is 2.48. The zero-order valence-corrected chi connectivity index (χ0v) is 16.4. The molecule has 6 heteroatoms. The van der Waals surface area contributed by atoms with Gasteiger partial charge >= 0.3 is 0 Å². The molecule has 2 N–H and O–H groups in total. The normalized spacial score (nSPS) is 17.7. The summed E-state index contributed by atoms with van der Waals surface area (Å²) in [7, 11) is 1.79. The number of ether oxygens (including phenoxy) is 1. The maximum absolute atomic E-state index is 5.62. The zero-order chi connectivity index (χ0) is 19.1. The van der Waals surface area contributed by atoms with Crippen molar-refractivity contribution in [2.24, 2.45) is 4.99 Å². The Morgan fingerprint density at radius 2 is 2.00 bits per heavy atom. The van der Waals surface area contributed by atoms with Gasteiger partial charge in [-0.2, -0.15) is 0 Å². The lowest BCUT2D eigenvalue weighted by atomic mass is 10.1. The third-order valence-electron chi connectivity index (χ3n) is 4.60. The highest BCUT2D eigenvalue weighted by atomic mass is 16.5. The van der Waals surface area contributed by atoms with Crippen molar-refractivity contribution in [2.45, 2.75) is 33.0 Å². The maximum Gasteiger partial charge on any atom is 0.191 e. The molecule has 1 aromatic carbocycles. The Hall–Kier alpha value is -2.60. The Kier molecular flexibility index (Phi) is 6.65. The van der Waals surface area contributed by atoms with Crippen LogP contribution in [-0.2, 0) is 17.8 Å². The predicted molar refractivity (Wildman–Crippen MR) is 110 cm³/mol. The number of benzene rings is 1. The Labute approximate surface area is 161 Å². The second-order valence-electron chi connectivity index (χ2n) is 6.92. The van der Waals surface area contributed by atoms with Gasteiger partial charge in [-0.3, -0.25) is 4.99 Å². The van der Waals surface area contributed by atoms with E-state index in [1.807, 2.05) is 12.3 Å². The van der Waals surface area contributed by atoms with Crippen LogP contribution >= 0.6 is 0 Å². The van der Waals surface area contributed by atoms with Crippen LogP contribution < -0.4 is 15.5 Å². The first-order chi connectivity index (χ1) is 13.1. The number of guanidine groups is 1. The highest BCUT2D eigenvalue weighted by Gasteiger charge is 2.18. The Morgan fingerprint density at radius 3 is 2.70 bits per heavy atom. The number of aliphatic imine (C=N–C) groups is 1. The summed E-state index contributed by atoms with van der Waals surface area (Å²) in [5.74, 6) is 1.79. The summed E-state index contributed by atoms with van der Waals surface area (Å²) in [4.78, 5) is 11.1. The van der Waals surface area contributed by atoms with E-state index in [2.05, 4.69) is 69.7 Å². The van der Waals surface area contributed by atoms with E-state index in [4.69, 9.17) is 4.74 Å². The van der Waals surface area contributed by atoms with Crippen LogP contribution in [0.5, 0.6) is 0 Å². The first-order valence-corrected chi connectivity index (χ1v) is 9.45. The lowest BCUT2D eigenvalue weighted by Gasteiger charge is -2.32. The molecule has 27 heavy (non-hydrogen) atoms. The van der Waals surface area contributed by atoms with Gasteiger partial charge in [0, 0.05) is 39.4 Å². The first kappa shape index (κ1) is 19.2. The van der Waals surface area contributed by atoms with Crippen LogP contribution in [0.4, 0.5) is 5.82 Å². The van der Waals surface area contributed by atoms with Crippen molar-refractivity contribution < 1.29 is 4.74 Å². The van der Waals surface area contributed by atoms with E-state index in [-0.39, 0.29) is 6.10 Å². The fourth-order valence-corrected chi connectivity index (χ4v) is 3.18. The van der Waals surface area contributed by atoms with Gasteiger partial charge in [-0.1, -0.05) is 29.8 Å². The van der Waals surface area contributed by atoms with Gasteiger partial charge in [0.15, 0.2) is 5.96 Å². The van der Waals surface area contributed by atoms with Crippen LogP contribution in [0.3, 0.4) is 0 Å². The summed E-state index contributed by atoms with van der Waals surface area (Å²) >= 11 is 0. The molecule has 0 aliphatic carbocycles. The van der Waals surface area contributed by atoms with Gasteiger partial charge in [0.2, 0.25) is 0 Å². The zero-order valence-electron chi connectivity index (χ0n) is 16.4. The number of hydrogen-bond acceptors (Lipinski definition) is 4. The summed E-state index contributed by atoms with van der Waals surface area (Å²) in [6.45, 7) is 8.16. The summed E-state index contributed by atoms with van der Waals surface area (Å²) < 4.78 is 5.62. The average molecular weight is 367 g/mol. The van der Waals surface area contributed by atoms with E-state index < -0.39 is 0 Å². The molecule has 2 heterocycles. The lowest BCUT2D eigenvalue weighted by Crippen LogP contribution is -2.41. The van der Waals surface area contributed by atoms with Crippen molar-refractivity contribution >= 4 is 11.8 Å². The van der Waals surface area contributed by atoms with Crippen molar-refractivity contribution in [1.82, 2.24) is 15.6 Å². The topological polar surface area (TPSA) is 61.8 Å². The number of rotatable bonds is 5. The number of nitrogens with zero attached hydrogens (tertiary/aromatic N) is 3. The quantitative estimate of drug-likeness (QED) is 0.628. The minimum absolute atomic E-state index is 0.243. The highest BCUT2D eigenvalue weighted by molar-refractivity contribution is 5.79. The number of aromatic nitrogens is 1. The van der Waals surface area contributed by atoms with Gasteiger partial charge in [-0.05, 0) is 37.1 Å². The van der Waals surface area contributed by atoms with E-state index in [1.165, 1.54) is 16.7 Å². The van der Waals surface area contributed by atoms with Gasteiger partial charge in [0.05, 0.1) is 12.7 Å². The van der Waals surface area contributed by atoms with Gasteiger partial charge in [0.1, 0.15) is 5.82 Å². The van der Waals surface area contributed by atoms with Gasteiger partial charge in [-0.15, -0.1) is 0 Å². The van der Waals surface area contributed by atoms with Gasteiger partial charge in [-0.25, -0.2) is 4.98 Å². The molecule has 2 aromatic rings. The number of aryl methyl sites for hydroxylation is 1. The third-order valence-corrected chi connectivity index (χ3v) is 4.60. The molecule has 0 radical (unpaired) electrons. The number of hydrogen-bond donors (Lipinski definition) is 2. The second kappa shape index (κ2) is 9.37. The largest absolute Gasteiger partial charge is 0.375 e. The Balaban J connectivity index is 1.54. The number of morpholine rings is 1. The van der Waals surface area contributed by atoms with Crippen LogP contribution in [0.15, 0.2) is 47.6 Å². The molecule has 1 saturated heterocycles. The molecule has 1 unspecified atom stereocenters. The summed E-state index contributed by atoms with van der Waals surface area (Å²) in [5, 5.41) is 6.74. The van der Waals surface area contributed by atoms with Crippen molar-refractivity contribution in [3.05, 3.63) is 59.3 Å². The molecular formula is C21H29N5O. The van der Waals surface area contributed by atoms with Crippen LogP contribution in [-0.4, -0.2) is 43.8 Å². The Bertz CT molecular complexity index is 777. The van der Waals surface area contributed by atoms with E-state index in [1.54, 1.807) is 7.05 Å². The number of nitrogens with one attached hydrogen (secondary N) is 2. The standard InChI is InChI=1S/C21H29N5O/c1-16-5-4-6-18(11-16)13-24-21(22-3)25-14-19-7-8-23-20(12-19)26-9-10-27-17(2)15-26/h4-8,11-12,17H,9-10,13-15H2,1-3H3,(H2,22,24,25). The van der Waals surface area contributed by atoms with Crippen LogP contribution in [0.2, 0.25) is 0 Å². The molecule has 0 spiro atoms. The molecule has 1 aromatic heterocycles. The fraction of sp³-hybridized carbons (Fsp3) is 0.429. The first-order valence-electron chi connectivity index (χ1n) is 9.45. The maximum atomic E-state index is 5.62. The van der Waals surface area contributed by atoms with Crippen molar-refractivity contribution in [1.29, 1.82) is 0 Å². The smallest absolute Gasteiger partial charge is 0.191 e. The molecule has 3 rings (SSSR count). The monoisotopic (exact) mass is 367 g/mol. The molecule has 144 valence electrons. The summed E-state index contributed by atoms with van der Waals surface area (Å²) in [6, 6.07) is 12.7. The van der Waals surface area contributed by atoms with Crippen LogP contribution in [0.25, 0.3) is 0 Å². The minimum Gasteiger partial charge on any atom is -0.375 e. The molecule has 1 fully saturated rings. The van der Waals surface area contributed by atoms with E-state index >= 15 is 0 Å². The van der Waals surface area contributed by atoms with E-state index in [9.17, 15) is 0 Å². The fourth-order valence-electron chi connectivity index (χ4n) is 3.18. The minimum atomic E-state index is 0.243. The summed E-state index contributed by atoms with van der Waals surface area (Å²) in [5.41, 5.74) is 3.68. The van der Waals surface area contributed by atoms with E-state index in [0.717, 1.165) is 38.0 Å². The summed E-state index contributed by atoms with van der Waals surface area (Å²) in [6.07, 6.45) is 2.11. The molecular weight excluding hydrogens is 338 g/mol. The molecule has 0 amide bonds. The molecule has 1 aliphatic heterocycles. The third kappa shape index (κ3) is 5.69. The van der Waals surface area contributed by atoms with Crippen LogP contribution in [0.1, 0.15) is 23.6 Å². The number of anilines is 1.